The number of halogens is 3. The minimum Gasteiger partial charge on any atom is -0.328 e. The fourth-order valence-electron chi connectivity index (χ4n) is 1.65. The van der Waals surface area contributed by atoms with E-state index in [0.717, 1.165) is 15.8 Å². The standard InChI is InChI=1S/C11H12F3N3S/c1-7-2-3-9(18-7)8(6-15)17-5-4-10(16-17)11(12,13)14/h2-5,8H,6,15H2,1H3. The molecule has 1 atom stereocenters. The lowest BCUT2D eigenvalue weighted by molar-refractivity contribution is -0.141. The van der Waals surface area contributed by atoms with Crippen molar-refractivity contribution in [3.63, 3.8) is 0 Å². The van der Waals surface area contributed by atoms with Crippen molar-refractivity contribution in [1.82, 2.24) is 9.78 Å². The summed E-state index contributed by atoms with van der Waals surface area (Å²) in [7, 11) is 0. The zero-order valence-electron chi connectivity index (χ0n) is 9.61. The largest absolute Gasteiger partial charge is 0.435 e. The second kappa shape index (κ2) is 4.74. The minimum absolute atomic E-state index is 0.207. The fraction of sp³-hybridized carbons (Fsp3) is 0.364. The van der Waals surface area contributed by atoms with Gasteiger partial charge in [-0.25, -0.2) is 0 Å². The molecular formula is C11H12F3N3S. The molecule has 98 valence electrons. The van der Waals surface area contributed by atoms with E-state index < -0.39 is 11.9 Å². The molecule has 3 nitrogen and oxygen atoms in total. The van der Waals surface area contributed by atoms with Gasteiger partial charge in [0.05, 0.1) is 6.04 Å². The summed E-state index contributed by atoms with van der Waals surface area (Å²) >= 11 is 1.51. The molecule has 0 aliphatic rings. The second-order valence-corrected chi connectivity index (χ2v) is 5.20. The summed E-state index contributed by atoms with van der Waals surface area (Å²) in [5.74, 6) is 0. The van der Waals surface area contributed by atoms with Crippen LogP contribution >= 0.6 is 11.3 Å². The van der Waals surface area contributed by atoms with Crippen LogP contribution in [-0.2, 0) is 6.18 Å². The third-order valence-corrected chi connectivity index (χ3v) is 3.63. The molecule has 7 heteroatoms. The van der Waals surface area contributed by atoms with E-state index in [1.807, 2.05) is 19.1 Å². The predicted octanol–water partition coefficient (Wildman–Crippen LogP) is 2.82. The Balaban J connectivity index is 2.31. The second-order valence-electron chi connectivity index (χ2n) is 3.88. The van der Waals surface area contributed by atoms with Gasteiger partial charge in [0.25, 0.3) is 0 Å². The van der Waals surface area contributed by atoms with Gasteiger partial charge in [-0.15, -0.1) is 11.3 Å². The molecule has 2 rings (SSSR count). The van der Waals surface area contributed by atoms with Crippen molar-refractivity contribution in [3.8, 4) is 0 Å². The maximum Gasteiger partial charge on any atom is 0.435 e. The summed E-state index contributed by atoms with van der Waals surface area (Å²) in [6.07, 6.45) is -3.11. The molecule has 0 aliphatic carbocycles. The molecule has 0 bridgehead atoms. The van der Waals surface area contributed by atoms with E-state index in [0.29, 0.717) is 0 Å². The summed E-state index contributed by atoms with van der Waals surface area (Å²) in [5.41, 5.74) is 4.73. The van der Waals surface area contributed by atoms with Crippen LogP contribution in [0.3, 0.4) is 0 Å². The Labute approximate surface area is 106 Å². The number of hydrogen-bond acceptors (Lipinski definition) is 3. The zero-order chi connectivity index (χ0) is 13.3. The summed E-state index contributed by atoms with van der Waals surface area (Å²) in [6.45, 7) is 2.14. The number of nitrogens with zero attached hydrogens (tertiary/aromatic N) is 2. The molecule has 0 radical (unpaired) electrons. The van der Waals surface area contributed by atoms with Crippen LogP contribution in [-0.4, -0.2) is 16.3 Å². The number of alkyl halides is 3. The average Bonchev–Trinajstić information content (AvgIpc) is 2.88. The monoisotopic (exact) mass is 275 g/mol. The normalized spacial score (nSPS) is 13.8. The molecule has 2 heterocycles. The van der Waals surface area contributed by atoms with Gasteiger partial charge in [-0.3, -0.25) is 4.68 Å². The Morgan fingerprint density at radius 1 is 1.39 bits per heavy atom. The maximum absolute atomic E-state index is 12.5. The Morgan fingerprint density at radius 3 is 2.56 bits per heavy atom. The molecule has 0 saturated heterocycles. The minimum atomic E-state index is -4.42. The topological polar surface area (TPSA) is 43.8 Å². The van der Waals surface area contributed by atoms with E-state index in [2.05, 4.69) is 5.10 Å². The van der Waals surface area contributed by atoms with Crippen LogP contribution in [0.15, 0.2) is 24.4 Å². The van der Waals surface area contributed by atoms with E-state index in [-0.39, 0.29) is 12.6 Å². The number of aromatic nitrogens is 2. The molecule has 0 aromatic carbocycles. The van der Waals surface area contributed by atoms with Gasteiger partial charge in [-0.2, -0.15) is 18.3 Å². The van der Waals surface area contributed by atoms with E-state index in [9.17, 15) is 13.2 Å². The molecule has 18 heavy (non-hydrogen) atoms. The van der Waals surface area contributed by atoms with Crippen molar-refractivity contribution >= 4 is 11.3 Å². The molecule has 2 aromatic rings. The Bertz CT molecular complexity index is 530. The first-order valence-corrected chi connectivity index (χ1v) is 6.12. The van der Waals surface area contributed by atoms with Crippen molar-refractivity contribution < 1.29 is 13.2 Å². The molecule has 2 N–H and O–H groups in total. The van der Waals surface area contributed by atoms with E-state index in [4.69, 9.17) is 5.73 Å². The van der Waals surface area contributed by atoms with Gasteiger partial charge in [0, 0.05) is 22.5 Å². The van der Waals surface area contributed by atoms with E-state index in [1.165, 1.54) is 22.2 Å². The molecule has 0 amide bonds. The molecule has 0 fully saturated rings. The Morgan fingerprint density at radius 2 is 2.11 bits per heavy atom. The Kier molecular flexibility index (Phi) is 3.45. The van der Waals surface area contributed by atoms with E-state index in [1.54, 1.807) is 0 Å². The van der Waals surface area contributed by atoms with Crippen molar-refractivity contribution in [3.05, 3.63) is 39.8 Å². The highest BCUT2D eigenvalue weighted by atomic mass is 32.1. The quantitative estimate of drug-likeness (QED) is 0.936. The lowest BCUT2D eigenvalue weighted by Gasteiger charge is -2.13. The summed E-state index contributed by atoms with van der Waals surface area (Å²) < 4.78 is 38.7. The maximum atomic E-state index is 12.5. The average molecular weight is 275 g/mol. The highest BCUT2D eigenvalue weighted by Crippen LogP contribution is 2.30. The van der Waals surface area contributed by atoms with Gasteiger partial charge >= 0.3 is 6.18 Å². The van der Waals surface area contributed by atoms with Crippen LogP contribution in [0.2, 0.25) is 0 Å². The third kappa shape index (κ3) is 2.56. The predicted molar refractivity (Wildman–Crippen MR) is 63.5 cm³/mol. The van der Waals surface area contributed by atoms with Crippen LogP contribution in [0.4, 0.5) is 13.2 Å². The van der Waals surface area contributed by atoms with Crippen LogP contribution < -0.4 is 5.73 Å². The molecule has 0 saturated carbocycles. The molecule has 2 aromatic heterocycles. The molecular weight excluding hydrogens is 263 g/mol. The molecule has 0 aliphatic heterocycles. The van der Waals surface area contributed by atoms with Crippen molar-refractivity contribution in [1.29, 1.82) is 0 Å². The SMILES string of the molecule is Cc1ccc(C(CN)n2ccc(C(F)(F)F)n2)s1. The smallest absolute Gasteiger partial charge is 0.328 e. The van der Waals surface area contributed by atoms with Crippen LogP contribution in [0, 0.1) is 6.92 Å². The Hall–Kier alpha value is -1.34. The van der Waals surface area contributed by atoms with Crippen LogP contribution in [0.25, 0.3) is 0 Å². The first-order valence-electron chi connectivity index (χ1n) is 5.30. The van der Waals surface area contributed by atoms with Crippen molar-refractivity contribution in [2.24, 2.45) is 5.73 Å². The third-order valence-electron chi connectivity index (χ3n) is 2.53. The number of thiophene rings is 1. The summed E-state index contributed by atoms with van der Waals surface area (Å²) in [4.78, 5) is 2.00. The lowest BCUT2D eigenvalue weighted by atomic mass is 10.2. The molecule has 1 unspecified atom stereocenters. The zero-order valence-corrected chi connectivity index (χ0v) is 10.4. The number of rotatable bonds is 3. The number of aryl methyl sites for hydroxylation is 1. The molecule has 0 spiro atoms. The van der Waals surface area contributed by atoms with Crippen molar-refractivity contribution in [2.75, 3.05) is 6.54 Å². The lowest BCUT2D eigenvalue weighted by Crippen LogP contribution is -2.20. The summed E-state index contributed by atoms with van der Waals surface area (Å²) in [6, 6.07) is 4.40. The first kappa shape index (κ1) is 13.1. The van der Waals surface area contributed by atoms with Crippen LogP contribution in [0.1, 0.15) is 21.5 Å². The van der Waals surface area contributed by atoms with Gasteiger partial charge < -0.3 is 5.73 Å². The van der Waals surface area contributed by atoms with Crippen molar-refractivity contribution in [2.45, 2.75) is 19.1 Å². The van der Waals surface area contributed by atoms with Gasteiger partial charge in [-0.1, -0.05) is 0 Å². The highest BCUT2D eigenvalue weighted by molar-refractivity contribution is 7.12. The van der Waals surface area contributed by atoms with Gasteiger partial charge in [0.1, 0.15) is 0 Å². The first-order chi connectivity index (χ1) is 8.41. The number of nitrogens with two attached hydrogens (primary N) is 1. The van der Waals surface area contributed by atoms with E-state index >= 15 is 0 Å². The van der Waals surface area contributed by atoms with Gasteiger partial charge in [0.2, 0.25) is 0 Å². The van der Waals surface area contributed by atoms with Gasteiger partial charge in [-0.05, 0) is 25.1 Å². The highest BCUT2D eigenvalue weighted by Gasteiger charge is 2.34. The summed E-state index contributed by atoms with van der Waals surface area (Å²) in [5, 5.41) is 3.56. The van der Waals surface area contributed by atoms with Gasteiger partial charge in [0.15, 0.2) is 5.69 Å². The van der Waals surface area contributed by atoms with Crippen LogP contribution in [0.5, 0.6) is 0 Å². The fourth-order valence-corrected chi connectivity index (χ4v) is 2.63. The number of hydrogen-bond donors (Lipinski definition) is 1.